The van der Waals surface area contributed by atoms with Crippen LogP contribution in [0.2, 0.25) is 0 Å². The van der Waals surface area contributed by atoms with Crippen molar-refractivity contribution in [2.45, 2.75) is 50.9 Å². The second-order valence-electron chi connectivity index (χ2n) is 6.29. The van der Waals surface area contributed by atoms with Gasteiger partial charge in [0.25, 0.3) is 0 Å². The van der Waals surface area contributed by atoms with Gasteiger partial charge in [-0.1, -0.05) is 6.08 Å². The Morgan fingerprint density at radius 1 is 1.17 bits per heavy atom. The Morgan fingerprint density at radius 3 is 2.75 bits per heavy atom. The van der Waals surface area contributed by atoms with Crippen LogP contribution >= 0.6 is 0 Å². The summed E-state index contributed by atoms with van der Waals surface area (Å²) in [4.78, 5) is 24.5. The predicted octanol–water partition coefficient (Wildman–Crippen LogP) is 2.26. The van der Waals surface area contributed by atoms with Crippen molar-refractivity contribution in [3.63, 3.8) is 0 Å². The van der Waals surface area contributed by atoms with Gasteiger partial charge in [-0.2, -0.15) is 0 Å². The first kappa shape index (κ1) is 16.5. The molecule has 0 saturated carbocycles. The van der Waals surface area contributed by atoms with E-state index in [0.29, 0.717) is 6.42 Å². The van der Waals surface area contributed by atoms with E-state index in [-0.39, 0.29) is 47.4 Å². The topological polar surface area (TPSA) is 96.4 Å². The standard InChI is InChI=1S/C18H20O6/c1-10-6-16-15(24-16)5-3-2-4-12(19)7-11-8-13(20)9-14(21)17(11)18(22)23-10/h2,4,8-10,15-16,20-21H,3,5-7H2,1H3/b4-2+/t10-,15-,16-/m0/s1. The van der Waals surface area contributed by atoms with Crippen molar-refractivity contribution in [1.82, 2.24) is 0 Å². The Hall–Kier alpha value is -2.34. The zero-order chi connectivity index (χ0) is 17.3. The minimum Gasteiger partial charge on any atom is -0.508 e. The number of fused-ring (bicyclic) bond motifs is 2. The SMILES string of the molecule is C[C@H]1C[C@@H]2O[C@H]2CC/C=C/C(=O)Cc2cc(O)cc(O)c2C(=O)O1. The summed E-state index contributed by atoms with van der Waals surface area (Å²) in [5.41, 5.74) is 0.170. The second kappa shape index (κ2) is 6.65. The number of rotatable bonds is 0. The molecule has 6 heteroatoms. The van der Waals surface area contributed by atoms with E-state index in [4.69, 9.17) is 9.47 Å². The van der Waals surface area contributed by atoms with Crippen molar-refractivity contribution >= 4 is 11.8 Å². The van der Waals surface area contributed by atoms with E-state index in [2.05, 4.69) is 0 Å². The molecule has 1 fully saturated rings. The number of allylic oxidation sites excluding steroid dienone is 2. The van der Waals surface area contributed by atoms with Gasteiger partial charge < -0.3 is 19.7 Å². The zero-order valence-electron chi connectivity index (χ0n) is 13.4. The van der Waals surface area contributed by atoms with Crippen LogP contribution in [0.15, 0.2) is 24.3 Å². The zero-order valence-corrected chi connectivity index (χ0v) is 13.4. The summed E-state index contributed by atoms with van der Waals surface area (Å²) in [6.07, 6.45) is 5.14. The molecule has 0 spiro atoms. The molecule has 0 unspecified atom stereocenters. The lowest BCUT2D eigenvalue weighted by molar-refractivity contribution is -0.114. The van der Waals surface area contributed by atoms with Gasteiger partial charge >= 0.3 is 5.97 Å². The molecule has 0 bridgehead atoms. The number of carbonyl (C=O) groups excluding carboxylic acids is 2. The number of cyclic esters (lactones) is 1. The van der Waals surface area contributed by atoms with E-state index in [1.54, 1.807) is 13.0 Å². The van der Waals surface area contributed by atoms with Crippen molar-refractivity contribution in [2.24, 2.45) is 0 Å². The molecule has 24 heavy (non-hydrogen) atoms. The van der Waals surface area contributed by atoms with Crippen molar-refractivity contribution in [3.05, 3.63) is 35.4 Å². The van der Waals surface area contributed by atoms with Crippen LogP contribution < -0.4 is 0 Å². The van der Waals surface area contributed by atoms with E-state index in [1.807, 2.05) is 0 Å². The highest BCUT2D eigenvalue weighted by molar-refractivity contribution is 5.98. The van der Waals surface area contributed by atoms with Gasteiger partial charge in [0.15, 0.2) is 5.78 Å². The Morgan fingerprint density at radius 2 is 1.96 bits per heavy atom. The molecule has 3 atom stereocenters. The Labute approximate surface area is 139 Å². The highest BCUT2D eigenvalue weighted by Gasteiger charge is 2.39. The van der Waals surface area contributed by atoms with Gasteiger partial charge in [0.1, 0.15) is 23.2 Å². The highest BCUT2D eigenvalue weighted by atomic mass is 16.6. The second-order valence-corrected chi connectivity index (χ2v) is 6.29. The van der Waals surface area contributed by atoms with Crippen LogP contribution in [0.1, 0.15) is 42.1 Å². The fourth-order valence-electron chi connectivity index (χ4n) is 3.02. The number of ketones is 1. The summed E-state index contributed by atoms with van der Waals surface area (Å²) >= 11 is 0. The number of carbonyl (C=O) groups is 2. The van der Waals surface area contributed by atoms with E-state index < -0.39 is 11.7 Å². The Kier molecular flexibility index (Phi) is 4.57. The molecule has 1 aromatic rings. The summed E-state index contributed by atoms with van der Waals surface area (Å²) in [6, 6.07) is 2.37. The summed E-state index contributed by atoms with van der Waals surface area (Å²) in [6.45, 7) is 1.77. The minimum absolute atomic E-state index is 0.0627. The lowest BCUT2D eigenvalue weighted by Crippen LogP contribution is -2.19. The third kappa shape index (κ3) is 3.76. The quantitative estimate of drug-likeness (QED) is 0.559. The molecule has 3 rings (SSSR count). The number of esters is 1. The molecule has 0 aromatic heterocycles. The van der Waals surface area contributed by atoms with Gasteiger partial charge in [0, 0.05) is 18.9 Å². The van der Waals surface area contributed by atoms with Crippen LogP contribution in [0, 0.1) is 0 Å². The average Bonchev–Trinajstić information content (AvgIpc) is 3.19. The summed E-state index contributed by atoms with van der Waals surface area (Å²) < 4.78 is 10.9. The monoisotopic (exact) mass is 332 g/mol. The minimum atomic E-state index is -0.707. The number of benzene rings is 1. The van der Waals surface area contributed by atoms with Crippen molar-refractivity contribution < 1.29 is 29.3 Å². The number of hydrogen-bond donors (Lipinski definition) is 2. The molecule has 2 aliphatic heterocycles. The van der Waals surface area contributed by atoms with Gasteiger partial charge in [-0.05, 0) is 37.5 Å². The van der Waals surface area contributed by atoms with Gasteiger partial charge in [-0.25, -0.2) is 4.79 Å². The van der Waals surface area contributed by atoms with Crippen LogP contribution in [-0.4, -0.2) is 40.3 Å². The van der Waals surface area contributed by atoms with Gasteiger partial charge in [-0.15, -0.1) is 0 Å². The highest BCUT2D eigenvalue weighted by Crippen LogP contribution is 2.33. The molecule has 0 aliphatic carbocycles. The normalized spacial score (nSPS) is 29.0. The van der Waals surface area contributed by atoms with E-state index in [0.717, 1.165) is 18.9 Å². The fraction of sp³-hybridized carbons (Fsp3) is 0.444. The number of phenols is 2. The van der Waals surface area contributed by atoms with Crippen LogP contribution in [0.5, 0.6) is 11.5 Å². The first-order valence-electron chi connectivity index (χ1n) is 8.04. The average molecular weight is 332 g/mol. The van der Waals surface area contributed by atoms with E-state index in [1.165, 1.54) is 12.1 Å². The Balaban J connectivity index is 1.92. The first-order valence-corrected chi connectivity index (χ1v) is 8.04. The van der Waals surface area contributed by atoms with Crippen molar-refractivity contribution in [1.29, 1.82) is 0 Å². The molecule has 128 valence electrons. The van der Waals surface area contributed by atoms with Gasteiger partial charge in [0.05, 0.1) is 12.2 Å². The van der Waals surface area contributed by atoms with Crippen LogP contribution in [0.3, 0.4) is 0 Å². The third-order valence-electron chi connectivity index (χ3n) is 4.23. The number of epoxide rings is 1. The predicted molar refractivity (Wildman–Crippen MR) is 85.0 cm³/mol. The lowest BCUT2D eigenvalue weighted by Gasteiger charge is -2.15. The number of phenolic OH excluding ortho intramolecular Hbond substituents is 2. The summed E-state index contributed by atoms with van der Waals surface area (Å²) in [7, 11) is 0. The molecule has 2 N–H and O–H groups in total. The molecule has 0 radical (unpaired) electrons. The van der Waals surface area contributed by atoms with Crippen LogP contribution in [0.25, 0.3) is 0 Å². The molecule has 1 saturated heterocycles. The largest absolute Gasteiger partial charge is 0.508 e. The van der Waals surface area contributed by atoms with Gasteiger partial charge in [-0.3, -0.25) is 4.79 Å². The smallest absolute Gasteiger partial charge is 0.342 e. The van der Waals surface area contributed by atoms with Crippen molar-refractivity contribution in [2.75, 3.05) is 0 Å². The summed E-state index contributed by atoms with van der Waals surface area (Å²) in [5.74, 6) is -1.53. The molecule has 2 heterocycles. The van der Waals surface area contributed by atoms with E-state index in [9.17, 15) is 19.8 Å². The molecule has 6 nitrogen and oxygen atoms in total. The molecule has 2 aliphatic rings. The number of aromatic hydroxyl groups is 2. The number of hydrogen-bond acceptors (Lipinski definition) is 6. The maximum absolute atomic E-state index is 12.4. The maximum Gasteiger partial charge on any atom is 0.342 e. The maximum atomic E-state index is 12.4. The summed E-state index contributed by atoms with van der Waals surface area (Å²) in [5, 5.41) is 19.7. The van der Waals surface area contributed by atoms with Gasteiger partial charge in [0.2, 0.25) is 0 Å². The lowest BCUT2D eigenvalue weighted by atomic mass is 9.99. The Bertz CT molecular complexity index is 693. The molecular weight excluding hydrogens is 312 g/mol. The van der Waals surface area contributed by atoms with Crippen LogP contribution in [0.4, 0.5) is 0 Å². The fourth-order valence-corrected chi connectivity index (χ4v) is 3.02. The molecule has 0 amide bonds. The van der Waals surface area contributed by atoms with Crippen molar-refractivity contribution in [3.8, 4) is 11.5 Å². The van der Waals surface area contributed by atoms with Crippen LogP contribution in [-0.2, 0) is 20.7 Å². The third-order valence-corrected chi connectivity index (χ3v) is 4.23. The van der Waals surface area contributed by atoms with E-state index >= 15 is 0 Å². The number of ether oxygens (including phenoxy) is 2. The molecule has 1 aromatic carbocycles. The first-order chi connectivity index (χ1) is 11.4. The molecular formula is C18H20O6.